The molecule has 0 rings (SSSR count). The Kier molecular flexibility index (Phi) is 5.15. The molecule has 0 aromatic carbocycles. The van der Waals surface area contributed by atoms with Crippen molar-refractivity contribution in [1.82, 2.24) is 5.48 Å². The monoisotopic (exact) mass is 133 g/mol. The van der Waals surface area contributed by atoms with Crippen LogP contribution in [0.3, 0.4) is 0 Å². The second-order valence-electron chi connectivity index (χ2n) is 1.33. The average molecular weight is 133 g/mol. The van der Waals surface area contributed by atoms with Crippen molar-refractivity contribution >= 4 is 5.97 Å². The maximum absolute atomic E-state index is 10.4. The molecule has 0 atom stereocenters. The molecule has 0 aromatic rings. The van der Waals surface area contributed by atoms with Gasteiger partial charge in [0.1, 0.15) is 6.54 Å². The Balaban J connectivity index is 3.06. The van der Waals surface area contributed by atoms with E-state index in [4.69, 9.17) is 0 Å². The van der Waals surface area contributed by atoms with Gasteiger partial charge in [0, 0.05) is 0 Å². The van der Waals surface area contributed by atoms with E-state index in [9.17, 15) is 4.79 Å². The van der Waals surface area contributed by atoms with Gasteiger partial charge in [-0.25, -0.2) is 0 Å². The first kappa shape index (κ1) is 8.39. The number of carbonyl (C=O) groups excluding carboxylic acids is 1. The van der Waals surface area contributed by atoms with Gasteiger partial charge in [-0.2, -0.15) is 5.48 Å². The Bertz CT molecular complexity index is 84.3. The number of esters is 1. The van der Waals surface area contributed by atoms with Crippen LogP contribution in [0.25, 0.3) is 0 Å². The molecule has 0 aromatic heterocycles. The minimum absolute atomic E-state index is 0.102. The molecule has 0 saturated carbocycles. The van der Waals surface area contributed by atoms with E-state index in [1.807, 2.05) is 0 Å². The van der Waals surface area contributed by atoms with Crippen molar-refractivity contribution < 1.29 is 14.4 Å². The fourth-order valence-electron chi connectivity index (χ4n) is 0.343. The van der Waals surface area contributed by atoms with E-state index in [0.29, 0.717) is 6.61 Å². The summed E-state index contributed by atoms with van der Waals surface area (Å²) < 4.78 is 4.56. The molecule has 0 aliphatic carbocycles. The number of hydrogen-bond acceptors (Lipinski definition) is 4. The van der Waals surface area contributed by atoms with Crippen LogP contribution in [0.15, 0.2) is 0 Å². The van der Waals surface area contributed by atoms with Gasteiger partial charge in [0.25, 0.3) is 0 Å². The molecule has 0 amide bonds. The molecule has 0 saturated heterocycles. The number of hydrogen-bond donors (Lipinski definition) is 1. The molecule has 1 N–H and O–H groups in total. The minimum Gasteiger partial charge on any atom is -0.465 e. The molecule has 0 unspecified atom stereocenters. The summed E-state index contributed by atoms with van der Waals surface area (Å²) >= 11 is 0. The van der Waals surface area contributed by atoms with Gasteiger partial charge in [0.2, 0.25) is 0 Å². The first-order valence-corrected chi connectivity index (χ1v) is 2.72. The quantitative estimate of drug-likeness (QED) is 0.422. The third-order valence-electron chi connectivity index (χ3n) is 0.666. The van der Waals surface area contributed by atoms with Crippen LogP contribution in [0.1, 0.15) is 6.92 Å². The van der Waals surface area contributed by atoms with Crippen LogP contribution in [0.5, 0.6) is 0 Å². The molecule has 9 heavy (non-hydrogen) atoms. The lowest BCUT2D eigenvalue weighted by Crippen LogP contribution is -2.23. The van der Waals surface area contributed by atoms with Crippen LogP contribution < -0.4 is 5.48 Å². The molecule has 54 valence electrons. The summed E-state index contributed by atoms with van der Waals surface area (Å²) in [6.07, 6.45) is 0. The van der Waals surface area contributed by atoms with E-state index >= 15 is 0 Å². The largest absolute Gasteiger partial charge is 0.465 e. The zero-order chi connectivity index (χ0) is 7.11. The zero-order valence-corrected chi connectivity index (χ0v) is 5.64. The van der Waals surface area contributed by atoms with Crippen LogP contribution in [0.4, 0.5) is 0 Å². The molecule has 0 radical (unpaired) electrons. The smallest absolute Gasteiger partial charge is 0.322 e. The van der Waals surface area contributed by atoms with Crippen molar-refractivity contribution in [3.05, 3.63) is 0 Å². The van der Waals surface area contributed by atoms with Gasteiger partial charge >= 0.3 is 5.97 Å². The zero-order valence-electron chi connectivity index (χ0n) is 5.64. The van der Waals surface area contributed by atoms with Crippen molar-refractivity contribution in [3.63, 3.8) is 0 Å². The van der Waals surface area contributed by atoms with E-state index in [2.05, 4.69) is 15.1 Å². The lowest BCUT2D eigenvalue weighted by molar-refractivity contribution is -0.144. The summed E-state index contributed by atoms with van der Waals surface area (Å²) in [5.74, 6) is -0.306. The Morgan fingerprint density at radius 1 is 1.67 bits per heavy atom. The van der Waals surface area contributed by atoms with Crippen molar-refractivity contribution in [2.24, 2.45) is 0 Å². The molecule has 0 heterocycles. The summed E-state index contributed by atoms with van der Waals surface area (Å²) in [4.78, 5) is 14.8. The van der Waals surface area contributed by atoms with Crippen molar-refractivity contribution in [2.75, 3.05) is 20.3 Å². The van der Waals surface area contributed by atoms with E-state index in [1.54, 1.807) is 6.92 Å². The normalized spacial score (nSPS) is 9.11. The fourth-order valence-corrected chi connectivity index (χ4v) is 0.343. The van der Waals surface area contributed by atoms with Crippen LogP contribution >= 0.6 is 0 Å². The Hall–Kier alpha value is -0.610. The van der Waals surface area contributed by atoms with Crippen molar-refractivity contribution in [1.29, 1.82) is 0 Å². The highest BCUT2D eigenvalue weighted by atomic mass is 16.6. The van der Waals surface area contributed by atoms with Gasteiger partial charge < -0.3 is 9.57 Å². The number of rotatable bonds is 4. The predicted octanol–water partition coefficient (Wildman–Crippen LogP) is -0.300. The van der Waals surface area contributed by atoms with Gasteiger partial charge in [-0.1, -0.05) is 0 Å². The van der Waals surface area contributed by atoms with Gasteiger partial charge in [0.05, 0.1) is 13.7 Å². The van der Waals surface area contributed by atoms with Crippen LogP contribution in [-0.4, -0.2) is 26.2 Å². The summed E-state index contributed by atoms with van der Waals surface area (Å²) in [5.41, 5.74) is 2.36. The second-order valence-corrected chi connectivity index (χ2v) is 1.33. The van der Waals surface area contributed by atoms with Crippen molar-refractivity contribution in [2.45, 2.75) is 6.92 Å². The highest BCUT2D eigenvalue weighted by Crippen LogP contribution is 1.73. The Morgan fingerprint density at radius 3 is 2.78 bits per heavy atom. The third kappa shape index (κ3) is 5.26. The van der Waals surface area contributed by atoms with Gasteiger partial charge in [-0.05, 0) is 6.92 Å². The minimum atomic E-state index is -0.306. The molecule has 4 nitrogen and oxygen atoms in total. The molecule has 0 spiro atoms. The summed E-state index contributed by atoms with van der Waals surface area (Å²) in [5, 5.41) is 0. The number of ether oxygens (including phenoxy) is 1. The molecule has 0 bridgehead atoms. The molecule has 4 heteroatoms. The topological polar surface area (TPSA) is 47.6 Å². The maximum atomic E-state index is 10.4. The SMILES string of the molecule is CCOC(=O)CNOC. The number of nitrogens with one attached hydrogen (secondary N) is 1. The van der Waals surface area contributed by atoms with Crippen molar-refractivity contribution in [3.8, 4) is 0 Å². The van der Waals surface area contributed by atoms with E-state index < -0.39 is 0 Å². The Labute approximate surface area is 54.1 Å². The van der Waals surface area contributed by atoms with Gasteiger partial charge in [-0.3, -0.25) is 4.79 Å². The highest BCUT2D eigenvalue weighted by molar-refractivity contribution is 5.71. The van der Waals surface area contributed by atoms with Crippen LogP contribution in [0, 0.1) is 0 Å². The second kappa shape index (κ2) is 5.53. The average Bonchev–Trinajstić information content (AvgIpc) is 1.85. The van der Waals surface area contributed by atoms with Gasteiger partial charge in [-0.15, -0.1) is 0 Å². The van der Waals surface area contributed by atoms with E-state index in [0.717, 1.165) is 0 Å². The van der Waals surface area contributed by atoms with E-state index in [1.165, 1.54) is 7.11 Å². The van der Waals surface area contributed by atoms with Crippen LogP contribution in [-0.2, 0) is 14.4 Å². The summed E-state index contributed by atoms with van der Waals surface area (Å²) in [6, 6.07) is 0. The first-order chi connectivity index (χ1) is 4.31. The standard InChI is InChI=1S/C5H11NO3/c1-3-9-5(7)4-6-8-2/h6H,3-4H2,1-2H3. The molecular formula is C5H11NO3. The number of hydroxylamine groups is 1. The summed E-state index contributed by atoms with van der Waals surface area (Å²) in [6.45, 7) is 2.26. The van der Waals surface area contributed by atoms with Crippen LogP contribution in [0.2, 0.25) is 0 Å². The van der Waals surface area contributed by atoms with E-state index in [-0.39, 0.29) is 12.5 Å². The molecule has 0 aliphatic rings. The summed E-state index contributed by atoms with van der Waals surface area (Å²) in [7, 11) is 1.44. The predicted molar refractivity (Wildman–Crippen MR) is 31.6 cm³/mol. The third-order valence-corrected chi connectivity index (χ3v) is 0.666. The Morgan fingerprint density at radius 2 is 2.33 bits per heavy atom. The molecular weight excluding hydrogens is 122 g/mol. The highest BCUT2D eigenvalue weighted by Gasteiger charge is 1.97. The first-order valence-electron chi connectivity index (χ1n) is 2.72. The fraction of sp³-hybridized carbons (Fsp3) is 0.800. The molecule has 0 aliphatic heterocycles. The maximum Gasteiger partial charge on any atom is 0.322 e. The lowest BCUT2D eigenvalue weighted by atomic mass is 10.7. The molecule has 0 fully saturated rings. The number of carbonyl (C=O) groups is 1. The lowest BCUT2D eigenvalue weighted by Gasteiger charge is -2.00. The van der Waals surface area contributed by atoms with Gasteiger partial charge in [0.15, 0.2) is 0 Å².